The summed E-state index contributed by atoms with van der Waals surface area (Å²) in [5.41, 5.74) is 2.09. The van der Waals surface area contributed by atoms with Crippen LogP contribution in [0.4, 0.5) is 4.39 Å². The van der Waals surface area contributed by atoms with Crippen molar-refractivity contribution < 1.29 is 14.0 Å². The summed E-state index contributed by atoms with van der Waals surface area (Å²) in [7, 11) is 0. The zero-order valence-electron chi connectivity index (χ0n) is 16.1. The van der Waals surface area contributed by atoms with Gasteiger partial charge < -0.3 is 5.32 Å². The van der Waals surface area contributed by atoms with Gasteiger partial charge in [-0.15, -0.1) is 0 Å². The molecule has 1 N–H and O–H groups in total. The Morgan fingerprint density at radius 2 is 1.83 bits per heavy atom. The number of ketones is 2. The third-order valence-corrected chi connectivity index (χ3v) is 6.39. The van der Waals surface area contributed by atoms with E-state index < -0.39 is 17.7 Å². The van der Waals surface area contributed by atoms with Crippen LogP contribution in [0.25, 0.3) is 0 Å². The molecule has 1 heterocycles. The standard InChI is InChI=1S/C23H18BrFN2O2S/c1-13-21(14(2)28)22(16-3-7-17(24)8-4-16)19(11-26)23(27-13)30-12-20(29)15-5-9-18(25)10-6-15/h3-10,21-22,27H,1,12H2,2H3. The highest BCUT2D eigenvalue weighted by Gasteiger charge is 2.38. The lowest BCUT2D eigenvalue weighted by Gasteiger charge is -2.34. The van der Waals surface area contributed by atoms with Gasteiger partial charge in [0.1, 0.15) is 11.6 Å². The van der Waals surface area contributed by atoms with E-state index in [2.05, 4.69) is 33.9 Å². The number of nitriles is 1. The molecule has 0 aromatic heterocycles. The van der Waals surface area contributed by atoms with Crippen LogP contribution < -0.4 is 5.32 Å². The fraction of sp³-hybridized carbons (Fsp3) is 0.174. The van der Waals surface area contributed by atoms with E-state index in [4.69, 9.17) is 0 Å². The van der Waals surface area contributed by atoms with Crippen molar-refractivity contribution in [3.8, 4) is 6.07 Å². The maximum atomic E-state index is 13.1. The van der Waals surface area contributed by atoms with Crippen molar-refractivity contribution in [3.05, 3.63) is 92.8 Å². The molecule has 3 rings (SSSR count). The average Bonchev–Trinajstić information content (AvgIpc) is 2.72. The topological polar surface area (TPSA) is 70.0 Å². The summed E-state index contributed by atoms with van der Waals surface area (Å²) >= 11 is 4.58. The lowest BCUT2D eigenvalue weighted by molar-refractivity contribution is -0.120. The zero-order chi connectivity index (χ0) is 21.8. The molecule has 7 heteroatoms. The smallest absolute Gasteiger partial charge is 0.173 e. The highest BCUT2D eigenvalue weighted by atomic mass is 79.9. The van der Waals surface area contributed by atoms with Gasteiger partial charge in [0.25, 0.3) is 0 Å². The summed E-state index contributed by atoms with van der Waals surface area (Å²) in [6.45, 7) is 5.48. The monoisotopic (exact) mass is 484 g/mol. The van der Waals surface area contributed by atoms with Crippen molar-refractivity contribution in [1.82, 2.24) is 5.32 Å². The van der Waals surface area contributed by atoms with Gasteiger partial charge in [0.05, 0.1) is 28.3 Å². The Hall–Kier alpha value is -2.69. The van der Waals surface area contributed by atoms with E-state index >= 15 is 0 Å². The van der Waals surface area contributed by atoms with Gasteiger partial charge in [-0.05, 0) is 48.9 Å². The molecular formula is C23H18BrFN2O2S. The van der Waals surface area contributed by atoms with Gasteiger partial charge in [-0.2, -0.15) is 5.26 Å². The molecular weight excluding hydrogens is 467 g/mol. The van der Waals surface area contributed by atoms with Gasteiger partial charge in [0, 0.05) is 21.7 Å². The van der Waals surface area contributed by atoms with Gasteiger partial charge in [0.15, 0.2) is 5.78 Å². The fourth-order valence-electron chi connectivity index (χ4n) is 3.40. The van der Waals surface area contributed by atoms with E-state index in [1.165, 1.54) is 43.0 Å². The molecule has 0 spiro atoms. The molecule has 0 radical (unpaired) electrons. The van der Waals surface area contributed by atoms with Crippen LogP contribution in [0.15, 0.2) is 75.9 Å². The Kier molecular flexibility index (Phi) is 6.91. The van der Waals surface area contributed by atoms with Crippen molar-refractivity contribution >= 4 is 39.3 Å². The normalized spacial score (nSPS) is 18.5. The minimum atomic E-state index is -0.585. The first-order chi connectivity index (χ1) is 14.3. The van der Waals surface area contributed by atoms with E-state index in [0.29, 0.717) is 21.9 Å². The number of rotatable bonds is 6. The molecule has 1 aliphatic heterocycles. The number of benzene rings is 2. The van der Waals surface area contributed by atoms with Crippen LogP contribution in [0.3, 0.4) is 0 Å². The summed E-state index contributed by atoms with van der Waals surface area (Å²) in [4.78, 5) is 24.9. The lowest BCUT2D eigenvalue weighted by Crippen LogP contribution is -2.35. The number of hydrogen-bond acceptors (Lipinski definition) is 5. The number of Topliss-reactive ketones (excluding diaryl/α,β-unsaturated/α-hetero) is 2. The number of allylic oxidation sites excluding steroid dienone is 2. The maximum absolute atomic E-state index is 13.1. The molecule has 2 atom stereocenters. The molecule has 0 saturated heterocycles. The van der Waals surface area contributed by atoms with Gasteiger partial charge in [0.2, 0.25) is 0 Å². The minimum Gasteiger partial charge on any atom is -0.353 e. The number of nitrogens with one attached hydrogen (secondary N) is 1. The molecule has 0 saturated carbocycles. The molecule has 0 bridgehead atoms. The van der Waals surface area contributed by atoms with Crippen LogP contribution in [0, 0.1) is 23.1 Å². The Bertz CT molecular complexity index is 1070. The van der Waals surface area contributed by atoms with E-state index in [1.807, 2.05) is 24.3 Å². The molecule has 2 aromatic rings. The molecule has 4 nitrogen and oxygen atoms in total. The maximum Gasteiger partial charge on any atom is 0.173 e. The second-order valence-electron chi connectivity index (χ2n) is 6.84. The van der Waals surface area contributed by atoms with Crippen LogP contribution in [-0.2, 0) is 4.79 Å². The van der Waals surface area contributed by atoms with Gasteiger partial charge in [-0.3, -0.25) is 9.59 Å². The van der Waals surface area contributed by atoms with Crippen molar-refractivity contribution in [2.24, 2.45) is 5.92 Å². The number of thioether (sulfide) groups is 1. The number of nitrogens with zero attached hydrogens (tertiary/aromatic N) is 1. The molecule has 0 fully saturated rings. The molecule has 1 aliphatic rings. The highest BCUT2D eigenvalue weighted by Crippen LogP contribution is 2.43. The minimum absolute atomic E-state index is 0.0597. The van der Waals surface area contributed by atoms with Crippen molar-refractivity contribution in [2.75, 3.05) is 5.75 Å². The molecule has 0 aliphatic carbocycles. The molecule has 152 valence electrons. The second-order valence-corrected chi connectivity index (χ2v) is 8.74. The van der Waals surface area contributed by atoms with Gasteiger partial charge >= 0.3 is 0 Å². The first-order valence-corrected chi connectivity index (χ1v) is 10.9. The van der Waals surface area contributed by atoms with Crippen LogP contribution in [0.2, 0.25) is 0 Å². The van der Waals surface area contributed by atoms with Crippen LogP contribution in [-0.4, -0.2) is 17.3 Å². The summed E-state index contributed by atoms with van der Waals surface area (Å²) in [5.74, 6) is -1.71. The Labute approximate surface area is 187 Å². The Morgan fingerprint density at radius 3 is 2.40 bits per heavy atom. The molecule has 2 unspecified atom stereocenters. The van der Waals surface area contributed by atoms with E-state index in [1.54, 1.807) is 0 Å². The largest absolute Gasteiger partial charge is 0.353 e. The van der Waals surface area contributed by atoms with Crippen molar-refractivity contribution in [2.45, 2.75) is 12.8 Å². The van der Waals surface area contributed by atoms with Crippen LogP contribution in [0.5, 0.6) is 0 Å². The van der Waals surface area contributed by atoms with Gasteiger partial charge in [-0.25, -0.2) is 4.39 Å². The number of carbonyl (C=O) groups is 2. The zero-order valence-corrected chi connectivity index (χ0v) is 18.5. The first-order valence-electron chi connectivity index (χ1n) is 9.09. The predicted octanol–water partition coefficient (Wildman–Crippen LogP) is 5.35. The van der Waals surface area contributed by atoms with Crippen LogP contribution >= 0.6 is 27.7 Å². The summed E-state index contributed by atoms with van der Waals surface area (Å²) in [5, 5.41) is 13.5. The number of halogens is 2. The van der Waals surface area contributed by atoms with E-state index in [0.717, 1.165) is 10.0 Å². The lowest BCUT2D eigenvalue weighted by atomic mass is 9.76. The Morgan fingerprint density at radius 1 is 1.20 bits per heavy atom. The highest BCUT2D eigenvalue weighted by molar-refractivity contribution is 9.10. The third-order valence-electron chi connectivity index (χ3n) is 4.84. The van der Waals surface area contributed by atoms with E-state index in [9.17, 15) is 19.2 Å². The second kappa shape index (κ2) is 9.41. The third kappa shape index (κ3) is 4.72. The Balaban J connectivity index is 1.94. The number of hydrogen-bond donors (Lipinski definition) is 1. The molecule has 0 amide bonds. The first kappa shape index (κ1) is 22.0. The van der Waals surface area contributed by atoms with Gasteiger partial charge in [-0.1, -0.05) is 46.4 Å². The van der Waals surface area contributed by atoms with E-state index in [-0.39, 0.29) is 17.3 Å². The fourth-order valence-corrected chi connectivity index (χ4v) is 4.64. The SMILES string of the molecule is C=C1NC(SCC(=O)c2ccc(F)cc2)=C(C#N)C(c2ccc(Br)cc2)C1C(C)=O. The van der Waals surface area contributed by atoms with Crippen molar-refractivity contribution in [3.63, 3.8) is 0 Å². The average molecular weight is 485 g/mol. The predicted molar refractivity (Wildman–Crippen MR) is 119 cm³/mol. The van der Waals surface area contributed by atoms with Crippen molar-refractivity contribution in [1.29, 1.82) is 5.26 Å². The summed E-state index contributed by atoms with van der Waals surface area (Å²) in [6.07, 6.45) is 0. The summed E-state index contributed by atoms with van der Waals surface area (Å²) < 4.78 is 14.0. The summed E-state index contributed by atoms with van der Waals surface area (Å²) in [6, 6.07) is 15.0. The number of carbonyl (C=O) groups excluding carboxylic acids is 2. The quantitative estimate of drug-likeness (QED) is 0.559. The molecule has 2 aromatic carbocycles. The molecule has 30 heavy (non-hydrogen) atoms. The van der Waals surface area contributed by atoms with Crippen LogP contribution in [0.1, 0.15) is 28.8 Å².